The predicted molar refractivity (Wildman–Crippen MR) is 179 cm³/mol. The van der Waals surface area contributed by atoms with Crippen LogP contribution in [0.2, 0.25) is 0 Å². The number of benzene rings is 4. The molecule has 0 saturated carbocycles. The standard InChI is InChI=1S/C31H24Cl6F2N4O2/c32-30(33,34)26(20-5-9-22(38)10-6-20)42-28(44)40-24-13-1-18(2-14-24)17-19-3-15-25(16-4-19)41-29(45)43-27(31(35,36)37)21-7-11-23(39)12-8-21/h1-16,26-27H,17H2,(H2,40,42,44)(H2,41,43,45). The normalized spacial score (nSPS) is 13.0. The van der Waals surface area contributed by atoms with Gasteiger partial charge in [-0.05, 0) is 77.2 Å². The van der Waals surface area contributed by atoms with E-state index in [1.807, 2.05) is 24.3 Å². The van der Waals surface area contributed by atoms with Gasteiger partial charge in [-0.15, -0.1) is 0 Å². The van der Waals surface area contributed by atoms with Crippen LogP contribution in [-0.4, -0.2) is 19.6 Å². The molecule has 6 nitrogen and oxygen atoms in total. The molecule has 0 aliphatic rings. The third-order valence-electron chi connectivity index (χ3n) is 6.44. The van der Waals surface area contributed by atoms with Gasteiger partial charge in [0.1, 0.15) is 23.7 Å². The molecule has 0 spiro atoms. The molecule has 4 N–H and O–H groups in total. The van der Waals surface area contributed by atoms with Crippen LogP contribution in [0.15, 0.2) is 97.1 Å². The first kappa shape index (κ1) is 34.9. The maximum atomic E-state index is 13.3. The highest BCUT2D eigenvalue weighted by atomic mass is 35.6. The van der Waals surface area contributed by atoms with E-state index >= 15 is 0 Å². The quantitative estimate of drug-likeness (QED) is 0.136. The molecule has 45 heavy (non-hydrogen) atoms. The third-order valence-corrected chi connectivity index (χ3v) is 7.75. The second-order valence-electron chi connectivity index (χ2n) is 9.82. The van der Waals surface area contributed by atoms with Gasteiger partial charge in [0.25, 0.3) is 0 Å². The fourth-order valence-electron chi connectivity index (χ4n) is 4.26. The lowest BCUT2D eigenvalue weighted by atomic mass is 10.0. The molecule has 0 bridgehead atoms. The Labute approximate surface area is 288 Å². The Bertz CT molecular complexity index is 1480. The summed E-state index contributed by atoms with van der Waals surface area (Å²) in [6, 6.07) is 21.5. The number of carbonyl (C=O) groups is 2. The van der Waals surface area contributed by atoms with Gasteiger partial charge in [-0.25, -0.2) is 18.4 Å². The number of amides is 4. The Kier molecular flexibility index (Phi) is 11.7. The average Bonchev–Trinajstić information content (AvgIpc) is 2.97. The number of rotatable bonds is 8. The van der Waals surface area contributed by atoms with Crippen molar-refractivity contribution in [2.75, 3.05) is 10.6 Å². The molecule has 0 fully saturated rings. The first-order valence-electron chi connectivity index (χ1n) is 13.1. The number of hydrogen-bond acceptors (Lipinski definition) is 2. The van der Waals surface area contributed by atoms with E-state index in [1.54, 1.807) is 24.3 Å². The van der Waals surface area contributed by atoms with Crippen LogP contribution in [0, 0.1) is 11.6 Å². The molecule has 0 heterocycles. The van der Waals surface area contributed by atoms with Crippen molar-refractivity contribution in [3.63, 3.8) is 0 Å². The van der Waals surface area contributed by atoms with Gasteiger partial charge in [-0.3, -0.25) is 0 Å². The van der Waals surface area contributed by atoms with Crippen molar-refractivity contribution in [1.29, 1.82) is 0 Å². The monoisotopic (exact) mass is 732 g/mol. The maximum absolute atomic E-state index is 13.3. The summed E-state index contributed by atoms with van der Waals surface area (Å²) < 4.78 is 22.9. The van der Waals surface area contributed by atoms with E-state index in [2.05, 4.69) is 21.3 Å². The predicted octanol–water partition coefficient (Wildman–Crippen LogP) is 10.0. The summed E-state index contributed by atoms with van der Waals surface area (Å²) in [7, 11) is 0. The molecule has 0 aliphatic carbocycles. The first-order chi connectivity index (χ1) is 21.2. The zero-order valence-corrected chi connectivity index (χ0v) is 27.5. The van der Waals surface area contributed by atoms with Crippen molar-refractivity contribution in [2.45, 2.75) is 26.1 Å². The number of alkyl halides is 6. The van der Waals surface area contributed by atoms with Gasteiger partial charge in [0.05, 0.1) is 0 Å². The van der Waals surface area contributed by atoms with Crippen molar-refractivity contribution in [2.24, 2.45) is 0 Å². The Morgan fingerprint density at radius 3 is 1.13 bits per heavy atom. The van der Waals surface area contributed by atoms with Gasteiger partial charge in [0.2, 0.25) is 7.59 Å². The van der Waals surface area contributed by atoms with Crippen LogP contribution in [0.25, 0.3) is 0 Å². The van der Waals surface area contributed by atoms with Gasteiger partial charge in [-0.1, -0.05) is 118 Å². The van der Waals surface area contributed by atoms with Crippen LogP contribution in [0.5, 0.6) is 0 Å². The van der Waals surface area contributed by atoms with Crippen LogP contribution >= 0.6 is 69.6 Å². The van der Waals surface area contributed by atoms with E-state index in [-0.39, 0.29) is 0 Å². The Balaban J connectivity index is 1.31. The molecule has 14 heteroatoms. The summed E-state index contributed by atoms with van der Waals surface area (Å²) in [6.07, 6.45) is 0.568. The van der Waals surface area contributed by atoms with Crippen LogP contribution in [-0.2, 0) is 6.42 Å². The number of urea groups is 2. The summed E-state index contributed by atoms with van der Waals surface area (Å²) in [4.78, 5) is 25.3. The fraction of sp³-hybridized carbons (Fsp3) is 0.161. The number of nitrogens with one attached hydrogen (secondary N) is 4. The molecule has 0 aliphatic heterocycles. The van der Waals surface area contributed by atoms with Crippen molar-refractivity contribution in [3.05, 3.63) is 131 Å². The first-order valence-corrected chi connectivity index (χ1v) is 15.4. The van der Waals surface area contributed by atoms with Crippen LogP contribution in [0.1, 0.15) is 34.3 Å². The van der Waals surface area contributed by atoms with E-state index in [0.29, 0.717) is 28.9 Å². The van der Waals surface area contributed by atoms with Crippen molar-refractivity contribution < 1.29 is 18.4 Å². The number of hydrogen-bond donors (Lipinski definition) is 4. The highest BCUT2D eigenvalue weighted by molar-refractivity contribution is 6.68. The van der Waals surface area contributed by atoms with Gasteiger partial charge < -0.3 is 21.3 Å². The molecule has 2 atom stereocenters. The molecular weight excluding hydrogens is 711 g/mol. The Hall–Kier alpha value is -2.98. The minimum Gasteiger partial charge on any atom is -0.327 e. The van der Waals surface area contributed by atoms with E-state index in [0.717, 1.165) is 11.1 Å². The van der Waals surface area contributed by atoms with Crippen molar-refractivity contribution in [3.8, 4) is 0 Å². The molecule has 2 unspecified atom stereocenters. The van der Waals surface area contributed by atoms with Gasteiger partial charge in [-0.2, -0.15) is 0 Å². The number of anilines is 2. The van der Waals surface area contributed by atoms with E-state index in [1.165, 1.54) is 48.5 Å². The minimum absolute atomic E-state index is 0.417. The lowest BCUT2D eigenvalue weighted by Crippen LogP contribution is -2.39. The topological polar surface area (TPSA) is 82.3 Å². The minimum atomic E-state index is -1.88. The Morgan fingerprint density at radius 2 is 0.844 bits per heavy atom. The van der Waals surface area contributed by atoms with E-state index in [4.69, 9.17) is 69.6 Å². The summed E-state index contributed by atoms with van der Waals surface area (Å²) in [6.45, 7) is 0. The van der Waals surface area contributed by atoms with Gasteiger partial charge in [0, 0.05) is 11.4 Å². The highest BCUT2D eigenvalue weighted by Crippen LogP contribution is 2.41. The van der Waals surface area contributed by atoms with Crippen molar-refractivity contribution in [1.82, 2.24) is 10.6 Å². The molecule has 4 aromatic rings. The molecule has 4 rings (SSSR count). The molecule has 0 aromatic heterocycles. The number of carbonyl (C=O) groups excluding carboxylic acids is 2. The zero-order valence-electron chi connectivity index (χ0n) is 22.9. The zero-order chi connectivity index (χ0) is 32.8. The number of halogens is 8. The summed E-state index contributed by atoms with van der Waals surface area (Å²) in [5, 5.41) is 10.6. The van der Waals surface area contributed by atoms with Crippen LogP contribution in [0.4, 0.5) is 29.7 Å². The lowest BCUT2D eigenvalue weighted by Gasteiger charge is -2.26. The summed E-state index contributed by atoms with van der Waals surface area (Å²) in [5.41, 5.74) is 3.74. The lowest BCUT2D eigenvalue weighted by molar-refractivity contribution is 0.247. The Morgan fingerprint density at radius 1 is 0.533 bits per heavy atom. The van der Waals surface area contributed by atoms with E-state index in [9.17, 15) is 18.4 Å². The summed E-state index contributed by atoms with van der Waals surface area (Å²) >= 11 is 36.4. The van der Waals surface area contributed by atoms with Gasteiger partial charge in [0.15, 0.2) is 0 Å². The second-order valence-corrected chi connectivity index (χ2v) is 14.6. The molecule has 4 amide bonds. The highest BCUT2D eigenvalue weighted by Gasteiger charge is 2.36. The van der Waals surface area contributed by atoms with Crippen LogP contribution in [0.3, 0.4) is 0 Å². The SMILES string of the molecule is O=C(Nc1ccc(Cc2ccc(NC(=O)NC(c3ccc(F)cc3)C(Cl)(Cl)Cl)cc2)cc1)NC(c1ccc(F)cc1)C(Cl)(Cl)Cl. The van der Waals surface area contributed by atoms with Crippen LogP contribution < -0.4 is 21.3 Å². The fourth-order valence-corrected chi connectivity index (χ4v) is 5.35. The van der Waals surface area contributed by atoms with E-state index < -0.39 is 43.4 Å². The second kappa shape index (κ2) is 15.1. The molecule has 0 saturated heterocycles. The molecular formula is C31H24Cl6F2N4O2. The average molecular weight is 735 g/mol. The van der Waals surface area contributed by atoms with Gasteiger partial charge >= 0.3 is 12.1 Å². The van der Waals surface area contributed by atoms with Crippen molar-refractivity contribution >= 4 is 93.0 Å². The molecule has 4 aromatic carbocycles. The smallest absolute Gasteiger partial charge is 0.319 e. The third kappa shape index (κ3) is 10.5. The summed E-state index contributed by atoms with van der Waals surface area (Å²) in [5.74, 6) is -0.921. The maximum Gasteiger partial charge on any atom is 0.319 e. The largest absolute Gasteiger partial charge is 0.327 e. The molecule has 0 radical (unpaired) electrons. The molecule has 236 valence electrons.